The number of hydrogen-bond acceptors (Lipinski definition) is 6. The summed E-state index contributed by atoms with van der Waals surface area (Å²) in [4.78, 5) is 24.0. The van der Waals surface area contributed by atoms with Crippen molar-refractivity contribution >= 4 is 62.3 Å². The molecular formula is C25H19Cl3FN3O5S. The number of rotatable bonds is 9. The zero-order valence-corrected chi connectivity index (χ0v) is 22.7. The van der Waals surface area contributed by atoms with Gasteiger partial charge in [-0.3, -0.25) is 9.59 Å². The first kappa shape index (κ1) is 29.2. The fourth-order valence-corrected chi connectivity index (χ4v) is 4.95. The summed E-state index contributed by atoms with van der Waals surface area (Å²) in [5.74, 6) is -2.67. The third kappa shape index (κ3) is 6.94. The van der Waals surface area contributed by atoms with Crippen LogP contribution in [0, 0.1) is 17.1 Å². The minimum Gasteiger partial charge on any atom is -0.451 e. The van der Waals surface area contributed by atoms with Gasteiger partial charge in [0.25, 0.3) is 10.0 Å². The lowest BCUT2D eigenvalue weighted by Gasteiger charge is -2.14. The lowest BCUT2D eigenvalue weighted by atomic mass is 10.1. The third-order valence-electron chi connectivity index (χ3n) is 5.03. The molecule has 0 bridgehead atoms. The Kier molecular flexibility index (Phi) is 9.57. The van der Waals surface area contributed by atoms with E-state index in [-0.39, 0.29) is 48.9 Å². The van der Waals surface area contributed by atoms with Crippen molar-refractivity contribution in [2.75, 3.05) is 5.32 Å². The maximum Gasteiger partial charge on any atom is 0.264 e. The minimum atomic E-state index is -4.15. The number of nitrogens with one attached hydrogen (secondary N) is 2. The summed E-state index contributed by atoms with van der Waals surface area (Å²) in [5, 5.41) is 11.7. The SMILES string of the molecule is CCCC(=O)NS(=O)(=O)c1ccc(NC(=O)Cc2ccc(Cl)c(Oc3cccc(Cl)c3C#N)c2F)c(Cl)c1. The normalized spacial score (nSPS) is 10.9. The molecular weight excluding hydrogens is 580 g/mol. The van der Waals surface area contributed by atoms with Crippen molar-refractivity contribution in [3.05, 3.63) is 80.5 Å². The van der Waals surface area contributed by atoms with E-state index in [2.05, 4.69) is 5.32 Å². The summed E-state index contributed by atoms with van der Waals surface area (Å²) in [6, 6.07) is 12.4. The fraction of sp³-hybridized carbons (Fsp3) is 0.160. The monoisotopic (exact) mass is 597 g/mol. The number of halogens is 4. The molecule has 198 valence electrons. The van der Waals surface area contributed by atoms with Gasteiger partial charge in [-0.25, -0.2) is 17.5 Å². The number of benzene rings is 3. The van der Waals surface area contributed by atoms with Crippen LogP contribution in [0.1, 0.15) is 30.9 Å². The Morgan fingerprint density at radius 1 is 1.03 bits per heavy atom. The molecule has 0 aromatic heterocycles. The van der Waals surface area contributed by atoms with Gasteiger partial charge in [0.05, 0.1) is 32.1 Å². The number of hydrogen-bond donors (Lipinski definition) is 2. The number of nitrogens with zero attached hydrogens (tertiary/aromatic N) is 1. The maximum atomic E-state index is 15.2. The van der Waals surface area contributed by atoms with Gasteiger partial charge in [0.15, 0.2) is 11.6 Å². The van der Waals surface area contributed by atoms with Gasteiger partial charge < -0.3 is 10.1 Å². The van der Waals surface area contributed by atoms with Crippen molar-refractivity contribution < 1.29 is 27.1 Å². The van der Waals surface area contributed by atoms with Crippen LogP contribution in [0.25, 0.3) is 0 Å². The fourth-order valence-electron chi connectivity index (χ4n) is 3.23. The van der Waals surface area contributed by atoms with Crippen LogP contribution in [-0.2, 0) is 26.0 Å². The summed E-state index contributed by atoms with van der Waals surface area (Å²) < 4.78 is 47.4. The first-order valence-corrected chi connectivity index (χ1v) is 13.6. The van der Waals surface area contributed by atoms with Crippen molar-refractivity contribution in [2.45, 2.75) is 31.1 Å². The molecule has 3 aromatic rings. The molecule has 0 radical (unpaired) electrons. The van der Waals surface area contributed by atoms with Crippen LogP contribution < -0.4 is 14.8 Å². The van der Waals surface area contributed by atoms with Crippen LogP contribution in [-0.4, -0.2) is 20.2 Å². The number of carbonyl (C=O) groups is 2. The minimum absolute atomic E-state index is 0.0159. The summed E-state index contributed by atoms with van der Waals surface area (Å²) in [7, 11) is -4.15. The molecule has 2 N–H and O–H groups in total. The van der Waals surface area contributed by atoms with E-state index in [4.69, 9.17) is 39.5 Å². The van der Waals surface area contributed by atoms with Crippen molar-refractivity contribution in [3.63, 3.8) is 0 Å². The van der Waals surface area contributed by atoms with Crippen LogP contribution in [0.3, 0.4) is 0 Å². The standard InChI is InChI=1S/C25H19Cl3FN3O5S/c1-2-4-22(33)32-38(35,36)15-8-10-20(19(28)12-15)31-23(34)11-14-7-9-18(27)25(24(14)29)37-21-6-3-5-17(26)16(21)13-30/h3,5-10,12H,2,4,11H2,1H3,(H,31,34)(H,32,33). The van der Waals surface area contributed by atoms with E-state index in [0.29, 0.717) is 6.42 Å². The number of amides is 2. The lowest BCUT2D eigenvalue weighted by molar-refractivity contribution is -0.119. The van der Waals surface area contributed by atoms with Gasteiger partial charge in [-0.1, -0.05) is 53.9 Å². The van der Waals surface area contributed by atoms with Crippen LogP contribution >= 0.6 is 34.8 Å². The smallest absolute Gasteiger partial charge is 0.264 e. The lowest BCUT2D eigenvalue weighted by Crippen LogP contribution is -2.30. The number of nitriles is 1. The van der Waals surface area contributed by atoms with Gasteiger partial charge in [-0.15, -0.1) is 0 Å². The predicted octanol–water partition coefficient (Wildman–Crippen LogP) is 6.24. The summed E-state index contributed by atoms with van der Waals surface area (Å²) in [6.07, 6.45) is 0.0492. The molecule has 3 aromatic carbocycles. The second-order valence-corrected chi connectivity index (χ2v) is 10.7. The molecule has 0 saturated carbocycles. The van der Waals surface area contributed by atoms with Crippen LogP contribution in [0.5, 0.6) is 11.5 Å². The molecule has 0 aliphatic rings. The molecule has 0 fully saturated rings. The largest absolute Gasteiger partial charge is 0.451 e. The summed E-state index contributed by atoms with van der Waals surface area (Å²) in [6.45, 7) is 1.73. The van der Waals surface area contributed by atoms with Crippen molar-refractivity contribution in [3.8, 4) is 17.6 Å². The molecule has 38 heavy (non-hydrogen) atoms. The molecule has 13 heteroatoms. The van der Waals surface area contributed by atoms with Crippen molar-refractivity contribution in [1.29, 1.82) is 5.26 Å². The number of anilines is 1. The van der Waals surface area contributed by atoms with Crippen molar-refractivity contribution in [2.24, 2.45) is 0 Å². The van der Waals surface area contributed by atoms with Crippen molar-refractivity contribution in [1.82, 2.24) is 4.72 Å². The van der Waals surface area contributed by atoms with Gasteiger partial charge in [-0.2, -0.15) is 5.26 Å². The van der Waals surface area contributed by atoms with Crippen LogP contribution in [0.2, 0.25) is 15.1 Å². The average Bonchev–Trinajstić information content (AvgIpc) is 2.84. The highest BCUT2D eigenvalue weighted by atomic mass is 35.5. The highest BCUT2D eigenvalue weighted by Crippen LogP contribution is 2.37. The molecule has 0 aliphatic carbocycles. The van der Waals surface area contributed by atoms with E-state index < -0.39 is 39.8 Å². The van der Waals surface area contributed by atoms with Gasteiger partial charge in [0, 0.05) is 12.0 Å². The summed E-state index contributed by atoms with van der Waals surface area (Å²) in [5.41, 5.74) is -0.0202. The van der Waals surface area contributed by atoms with Gasteiger partial charge >= 0.3 is 0 Å². The number of carbonyl (C=O) groups excluding carboxylic acids is 2. The third-order valence-corrected chi connectivity index (χ3v) is 7.33. The highest BCUT2D eigenvalue weighted by Gasteiger charge is 2.21. The topological polar surface area (TPSA) is 125 Å². The summed E-state index contributed by atoms with van der Waals surface area (Å²) >= 11 is 18.2. The van der Waals surface area contributed by atoms with Crippen LogP contribution in [0.4, 0.5) is 10.1 Å². The average molecular weight is 599 g/mol. The van der Waals surface area contributed by atoms with Crippen LogP contribution in [0.15, 0.2) is 53.4 Å². The number of sulfonamides is 1. The Balaban J connectivity index is 1.78. The Morgan fingerprint density at radius 3 is 2.42 bits per heavy atom. The molecule has 0 unspecified atom stereocenters. The molecule has 0 heterocycles. The van der Waals surface area contributed by atoms with E-state index in [1.165, 1.54) is 36.4 Å². The van der Waals surface area contributed by atoms with Gasteiger partial charge in [-0.05, 0) is 42.8 Å². The Hall–Kier alpha value is -3.36. The van der Waals surface area contributed by atoms with Gasteiger partial charge in [0.1, 0.15) is 17.4 Å². The highest BCUT2D eigenvalue weighted by molar-refractivity contribution is 7.90. The second kappa shape index (κ2) is 12.5. The van der Waals surface area contributed by atoms with Gasteiger partial charge in [0.2, 0.25) is 11.8 Å². The van der Waals surface area contributed by atoms with E-state index >= 15 is 4.39 Å². The van der Waals surface area contributed by atoms with E-state index in [0.717, 1.165) is 12.1 Å². The molecule has 0 aliphatic heterocycles. The quantitative estimate of drug-likeness (QED) is 0.301. The zero-order valence-electron chi connectivity index (χ0n) is 19.6. The molecule has 3 rings (SSSR count). The van der Waals surface area contributed by atoms with E-state index in [1.807, 2.05) is 10.8 Å². The zero-order chi connectivity index (χ0) is 28.0. The maximum absolute atomic E-state index is 15.2. The molecule has 8 nitrogen and oxygen atoms in total. The molecule has 2 amide bonds. The number of ether oxygens (including phenoxy) is 1. The first-order valence-electron chi connectivity index (χ1n) is 10.9. The Labute approximate surface area is 233 Å². The first-order chi connectivity index (χ1) is 18.0. The Bertz CT molecular complexity index is 1560. The predicted molar refractivity (Wildman–Crippen MR) is 142 cm³/mol. The van der Waals surface area contributed by atoms with E-state index in [9.17, 15) is 23.3 Å². The molecule has 0 spiro atoms. The van der Waals surface area contributed by atoms with E-state index in [1.54, 1.807) is 6.92 Å². The Morgan fingerprint density at radius 2 is 1.76 bits per heavy atom. The molecule has 0 atom stereocenters. The second-order valence-electron chi connectivity index (χ2n) is 7.82. The molecule has 0 saturated heterocycles.